The molecule has 8 rings (SSSR count). The molecule has 0 amide bonds. The highest BCUT2D eigenvalue weighted by Gasteiger charge is 2.18. The Morgan fingerprint density at radius 1 is 0.439 bits per heavy atom. The van der Waals surface area contributed by atoms with Crippen LogP contribution in [0.1, 0.15) is 0 Å². The number of hydrogen-bond acceptors (Lipinski definition) is 4. The third kappa shape index (κ3) is 4.26. The van der Waals surface area contributed by atoms with Crippen molar-refractivity contribution in [1.82, 2.24) is 15.0 Å². The third-order valence-electron chi connectivity index (χ3n) is 7.52. The van der Waals surface area contributed by atoms with Gasteiger partial charge in [-0.2, -0.15) is 0 Å². The molecule has 0 fully saturated rings. The fraction of sp³-hybridized carbons (Fsp3) is 0. The molecule has 41 heavy (non-hydrogen) atoms. The van der Waals surface area contributed by atoms with Crippen LogP contribution < -0.4 is 0 Å². The molecule has 3 aromatic heterocycles. The van der Waals surface area contributed by atoms with Crippen LogP contribution in [0.3, 0.4) is 0 Å². The first-order valence-corrected chi connectivity index (χ1v) is 14.4. The van der Waals surface area contributed by atoms with Crippen LogP contribution >= 0.6 is 11.3 Å². The molecule has 0 saturated heterocycles. The second kappa shape index (κ2) is 9.77. The van der Waals surface area contributed by atoms with Gasteiger partial charge in [-0.05, 0) is 40.1 Å². The SMILES string of the molecule is c1ccc(-c2ccc3c(n2)sc2c(-c4ccc(-c5ccc6ccccc6c5)cc4)nc(-c4ccccc4)nc23)cc1. The molecule has 0 aliphatic heterocycles. The van der Waals surface area contributed by atoms with Gasteiger partial charge in [0.1, 0.15) is 4.83 Å². The highest BCUT2D eigenvalue weighted by atomic mass is 32.1. The average molecular weight is 542 g/mol. The van der Waals surface area contributed by atoms with E-state index >= 15 is 0 Å². The molecule has 0 saturated carbocycles. The summed E-state index contributed by atoms with van der Waals surface area (Å²) >= 11 is 1.66. The summed E-state index contributed by atoms with van der Waals surface area (Å²) in [6.07, 6.45) is 0. The Kier molecular flexibility index (Phi) is 5.64. The van der Waals surface area contributed by atoms with Crippen molar-refractivity contribution in [2.75, 3.05) is 0 Å². The Balaban J connectivity index is 1.29. The monoisotopic (exact) mass is 541 g/mol. The van der Waals surface area contributed by atoms with Crippen LogP contribution in [0.2, 0.25) is 0 Å². The minimum absolute atomic E-state index is 0.721. The number of hydrogen-bond donors (Lipinski definition) is 0. The topological polar surface area (TPSA) is 38.7 Å². The zero-order valence-electron chi connectivity index (χ0n) is 22.0. The summed E-state index contributed by atoms with van der Waals surface area (Å²) in [5, 5.41) is 3.54. The van der Waals surface area contributed by atoms with E-state index in [1.165, 1.54) is 21.9 Å². The number of thiophene rings is 1. The molecule has 0 unspecified atom stereocenters. The number of rotatable bonds is 4. The van der Waals surface area contributed by atoms with Gasteiger partial charge in [-0.25, -0.2) is 15.0 Å². The van der Waals surface area contributed by atoms with Crippen molar-refractivity contribution in [2.45, 2.75) is 0 Å². The van der Waals surface area contributed by atoms with E-state index < -0.39 is 0 Å². The molecule has 0 aliphatic carbocycles. The maximum absolute atomic E-state index is 5.13. The molecule has 3 heterocycles. The molecule has 3 nitrogen and oxygen atoms in total. The van der Waals surface area contributed by atoms with Gasteiger partial charge in [-0.1, -0.05) is 121 Å². The summed E-state index contributed by atoms with van der Waals surface area (Å²) in [7, 11) is 0. The first kappa shape index (κ1) is 23.7. The molecule has 0 radical (unpaired) electrons. The van der Waals surface area contributed by atoms with Gasteiger partial charge < -0.3 is 0 Å². The van der Waals surface area contributed by atoms with Crippen molar-refractivity contribution >= 4 is 42.5 Å². The highest BCUT2D eigenvalue weighted by Crippen LogP contribution is 2.40. The number of aromatic nitrogens is 3. The van der Waals surface area contributed by atoms with Crippen LogP contribution in [-0.2, 0) is 0 Å². The minimum atomic E-state index is 0.721. The van der Waals surface area contributed by atoms with Gasteiger partial charge in [0.05, 0.1) is 21.6 Å². The van der Waals surface area contributed by atoms with Gasteiger partial charge in [0, 0.05) is 22.1 Å². The van der Waals surface area contributed by atoms with Crippen LogP contribution in [0, 0.1) is 0 Å². The van der Waals surface area contributed by atoms with E-state index in [-0.39, 0.29) is 0 Å². The average Bonchev–Trinajstić information content (AvgIpc) is 3.43. The summed E-state index contributed by atoms with van der Waals surface area (Å²) < 4.78 is 1.05. The molecule has 0 spiro atoms. The first-order valence-electron chi connectivity index (χ1n) is 13.6. The Labute approximate surface area is 241 Å². The molecule has 0 atom stereocenters. The Morgan fingerprint density at radius 3 is 1.88 bits per heavy atom. The lowest BCUT2D eigenvalue weighted by Gasteiger charge is -2.09. The van der Waals surface area contributed by atoms with Crippen LogP contribution in [0.15, 0.2) is 140 Å². The van der Waals surface area contributed by atoms with E-state index in [9.17, 15) is 0 Å². The van der Waals surface area contributed by atoms with Gasteiger partial charge >= 0.3 is 0 Å². The number of pyridine rings is 1. The molecule has 4 heteroatoms. The van der Waals surface area contributed by atoms with Crippen molar-refractivity contribution < 1.29 is 0 Å². The van der Waals surface area contributed by atoms with Gasteiger partial charge in [0.2, 0.25) is 0 Å². The zero-order valence-corrected chi connectivity index (χ0v) is 22.8. The zero-order chi connectivity index (χ0) is 27.2. The summed E-state index contributed by atoms with van der Waals surface area (Å²) in [6.45, 7) is 0. The Morgan fingerprint density at radius 2 is 1.10 bits per heavy atom. The Bertz CT molecular complexity index is 2180. The number of fused-ring (bicyclic) bond motifs is 4. The number of nitrogens with zero attached hydrogens (tertiary/aromatic N) is 3. The molecule has 192 valence electrons. The van der Waals surface area contributed by atoms with Gasteiger partial charge in [0.25, 0.3) is 0 Å². The second-order valence-electron chi connectivity index (χ2n) is 10.1. The van der Waals surface area contributed by atoms with E-state index in [1.807, 2.05) is 36.4 Å². The van der Waals surface area contributed by atoms with Gasteiger partial charge in [-0.3, -0.25) is 0 Å². The minimum Gasteiger partial charge on any atom is -0.237 e. The second-order valence-corrected chi connectivity index (χ2v) is 11.1. The molecular formula is C37H23N3S. The first-order chi connectivity index (χ1) is 20.3. The van der Waals surface area contributed by atoms with Crippen LogP contribution in [-0.4, -0.2) is 15.0 Å². The van der Waals surface area contributed by atoms with E-state index in [0.29, 0.717) is 0 Å². The predicted octanol–water partition coefficient (Wildman–Crippen LogP) is 10.1. The molecule has 0 aliphatic rings. The normalized spacial score (nSPS) is 11.4. The Hall–Kier alpha value is -5.19. The van der Waals surface area contributed by atoms with Crippen molar-refractivity contribution in [3.05, 3.63) is 140 Å². The van der Waals surface area contributed by atoms with Crippen LogP contribution in [0.4, 0.5) is 0 Å². The van der Waals surface area contributed by atoms with Crippen molar-refractivity contribution in [1.29, 1.82) is 0 Å². The molecule has 8 aromatic rings. The lowest BCUT2D eigenvalue weighted by Crippen LogP contribution is -1.93. The highest BCUT2D eigenvalue weighted by molar-refractivity contribution is 7.25. The number of benzene rings is 5. The van der Waals surface area contributed by atoms with E-state index in [2.05, 4.69) is 103 Å². The lowest BCUT2D eigenvalue weighted by molar-refractivity contribution is 1.24. The summed E-state index contributed by atoms with van der Waals surface area (Å²) in [6, 6.07) is 48.6. The van der Waals surface area contributed by atoms with Crippen molar-refractivity contribution in [3.8, 4) is 45.0 Å². The quantitative estimate of drug-likeness (QED) is 0.222. The smallest absolute Gasteiger partial charge is 0.160 e. The van der Waals surface area contributed by atoms with Crippen molar-refractivity contribution in [2.24, 2.45) is 0 Å². The third-order valence-corrected chi connectivity index (χ3v) is 8.62. The predicted molar refractivity (Wildman–Crippen MR) is 172 cm³/mol. The van der Waals surface area contributed by atoms with E-state index in [4.69, 9.17) is 15.0 Å². The van der Waals surface area contributed by atoms with E-state index in [1.54, 1.807) is 11.3 Å². The van der Waals surface area contributed by atoms with Crippen LogP contribution in [0.25, 0.3) is 76.2 Å². The largest absolute Gasteiger partial charge is 0.237 e. The maximum atomic E-state index is 5.13. The summed E-state index contributed by atoms with van der Waals surface area (Å²) in [4.78, 5) is 16.2. The molecular weight excluding hydrogens is 518 g/mol. The summed E-state index contributed by atoms with van der Waals surface area (Å²) in [5.41, 5.74) is 8.38. The fourth-order valence-corrected chi connectivity index (χ4v) is 6.52. The van der Waals surface area contributed by atoms with E-state index in [0.717, 1.165) is 54.3 Å². The fourth-order valence-electron chi connectivity index (χ4n) is 5.40. The van der Waals surface area contributed by atoms with Crippen LogP contribution in [0.5, 0.6) is 0 Å². The van der Waals surface area contributed by atoms with Crippen molar-refractivity contribution in [3.63, 3.8) is 0 Å². The maximum Gasteiger partial charge on any atom is 0.160 e. The molecule has 0 N–H and O–H groups in total. The van der Waals surface area contributed by atoms with Gasteiger partial charge in [0.15, 0.2) is 5.82 Å². The molecule has 0 bridgehead atoms. The summed E-state index contributed by atoms with van der Waals surface area (Å²) in [5.74, 6) is 0.721. The lowest BCUT2D eigenvalue weighted by atomic mass is 9.99. The van der Waals surface area contributed by atoms with Gasteiger partial charge in [-0.15, -0.1) is 11.3 Å². The molecule has 5 aromatic carbocycles. The standard InChI is InChI=1S/C37H23N3S/c1-3-10-26(11-4-1)32-22-21-31-34-35(41-37(31)38-32)33(39-36(40-34)28-12-5-2-6-13-28)27-18-15-25(16-19-27)30-20-17-24-9-7-8-14-29(24)23-30/h1-23H.